The van der Waals surface area contributed by atoms with Crippen molar-refractivity contribution in [2.45, 2.75) is 50.5 Å². The van der Waals surface area contributed by atoms with Crippen LogP contribution in [0.25, 0.3) is 0 Å². The first-order valence-corrected chi connectivity index (χ1v) is 8.88. The highest BCUT2D eigenvalue weighted by Crippen LogP contribution is 2.35. The topological polar surface area (TPSA) is 85.1 Å². The summed E-state index contributed by atoms with van der Waals surface area (Å²) in [5, 5.41) is 0. The second-order valence-electron chi connectivity index (χ2n) is 6.29. The highest BCUT2D eigenvalue weighted by Gasteiger charge is 2.31. The van der Waals surface area contributed by atoms with Gasteiger partial charge in [0.2, 0.25) is 10.0 Å². The van der Waals surface area contributed by atoms with E-state index in [1.807, 2.05) is 0 Å². The van der Waals surface area contributed by atoms with E-state index in [2.05, 4.69) is 23.6 Å². The maximum absolute atomic E-state index is 12.6. The molecule has 2 rings (SSSR count). The third kappa shape index (κ3) is 3.99. The molecule has 0 amide bonds. The molecule has 5 nitrogen and oxygen atoms in total. The second-order valence-corrected chi connectivity index (χ2v) is 8.42. The van der Waals surface area contributed by atoms with Crippen LogP contribution in [-0.2, 0) is 10.0 Å². The zero-order valence-electron chi connectivity index (χ0n) is 12.3. The third-order valence-corrected chi connectivity index (χ3v) is 5.57. The van der Waals surface area contributed by atoms with E-state index in [-0.39, 0.29) is 27.0 Å². The predicted molar refractivity (Wildman–Crippen MR) is 86.5 cm³/mol. The van der Waals surface area contributed by atoms with E-state index in [0.29, 0.717) is 0 Å². The summed E-state index contributed by atoms with van der Waals surface area (Å²) in [7, 11) is -3.67. The maximum Gasteiger partial charge on any atom is 0.243 e. The largest absolute Gasteiger partial charge is 0.388 e. The lowest BCUT2D eigenvalue weighted by molar-refractivity contribution is 0.212. The van der Waals surface area contributed by atoms with Gasteiger partial charge in [-0.05, 0) is 36.8 Å². The molecule has 7 heteroatoms. The molecular weight excluding hydrogens is 306 g/mol. The van der Waals surface area contributed by atoms with E-state index in [0.717, 1.165) is 25.7 Å². The first-order chi connectivity index (χ1) is 9.71. The van der Waals surface area contributed by atoms with Crippen LogP contribution >= 0.6 is 12.2 Å². The summed E-state index contributed by atoms with van der Waals surface area (Å²) >= 11 is 4.88. The number of hydrogen-bond acceptors (Lipinski definition) is 4. The SMILES string of the molecule is CC1(C)CCCC(NS(=O)(=O)c2cccnc2C(N)=S)C1. The van der Waals surface area contributed by atoms with E-state index in [4.69, 9.17) is 18.0 Å². The monoisotopic (exact) mass is 327 g/mol. The summed E-state index contributed by atoms with van der Waals surface area (Å²) in [5.74, 6) is 0. The highest BCUT2D eigenvalue weighted by atomic mass is 32.2. The number of sulfonamides is 1. The number of pyridine rings is 1. The minimum Gasteiger partial charge on any atom is -0.388 e. The Balaban J connectivity index is 2.25. The van der Waals surface area contributed by atoms with Crippen LogP contribution in [0.4, 0.5) is 0 Å². The van der Waals surface area contributed by atoms with E-state index < -0.39 is 10.0 Å². The molecule has 1 aliphatic rings. The number of nitrogens with one attached hydrogen (secondary N) is 1. The summed E-state index contributed by atoms with van der Waals surface area (Å²) in [6.45, 7) is 4.33. The minimum absolute atomic E-state index is 0.0139. The molecule has 0 spiro atoms. The molecule has 1 unspecified atom stereocenters. The zero-order valence-corrected chi connectivity index (χ0v) is 13.9. The summed E-state index contributed by atoms with van der Waals surface area (Å²) in [6.07, 6.45) is 5.31. The van der Waals surface area contributed by atoms with Crippen LogP contribution in [-0.4, -0.2) is 24.4 Å². The fraction of sp³-hybridized carbons (Fsp3) is 0.571. The van der Waals surface area contributed by atoms with Gasteiger partial charge in [0.1, 0.15) is 15.6 Å². The fourth-order valence-electron chi connectivity index (χ4n) is 2.87. The van der Waals surface area contributed by atoms with Crippen molar-refractivity contribution in [1.29, 1.82) is 0 Å². The van der Waals surface area contributed by atoms with Crippen molar-refractivity contribution in [3.8, 4) is 0 Å². The average Bonchev–Trinajstić information content (AvgIpc) is 2.37. The Kier molecular flexibility index (Phi) is 4.65. The van der Waals surface area contributed by atoms with Crippen LogP contribution < -0.4 is 10.5 Å². The van der Waals surface area contributed by atoms with Crippen LogP contribution in [0.5, 0.6) is 0 Å². The first-order valence-electron chi connectivity index (χ1n) is 6.98. The molecule has 1 aliphatic carbocycles. The molecule has 3 N–H and O–H groups in total. The average molecular weight is 327 g/mol. The van der Waals surface area contributed by atoms with E-state index >= 15 is 0 Å². The van der Waals surface area contributed by atoms with Gasteiger partial charge >= 0.3 is 0 Å². The molecular formula is C14H21N3O2S2. The summed E-state index contributed by atoms with van der Waals surface area (Å²) in [4.78, 5) is 4.02. The molecule has 1 heterocycles. The second kappa shape index (κ2) is 5.98. The van der Waals surface area contributed by atoms with Gasteiger partial charge in [-0.2, -0.15) is 0 Å². The van der Waals surface area contributed by atoms with Gasteiger partial charge in [-0.1, -0.05) is 32.5 Å². The van der Waals surface area contributed by atoms with Crippen molar-refractivity contribution in [2.75, 3.05) is 0 Å². The van der Waals surface area contributed by atoms with E-state index in [9.17, 15) is 8.42 Å². The van der Waals surface area contributed by atoms with Crippen molar-refractivity contribution in [1.82, 2.24) is 9.71 Å². The summed E-state index contributed by atoms with van der Waals surface area (Å²) in [5.41, 5.74) is 5.87. The van der Waals surface area contributed by atoms with Gasteiger partial charge in [0, 0.05) is 12.2 Å². The molecule has 1 aromatic rings. The number of thiocarbonyl (C=S) groups is 1. The Morgan fingerprint density at radius 3 is 2.86 bits per heavy atom. The quantitative estimate of drug-likeness (QED) is 0.826. The lowest BCUT2D eigenvalue weighted by Crippen LogP contribution is -2.41. The standard InChI is InChI=1S/C14H21N3O2S2/c1-14(2)7-3-5-10(9-14)17-21(18,19)11-6-4-8-16-12(11)13(15)20/h4,6,8,10,17H,3,5,7,9H2,1-2H3,(H2,15,20). The molecule has 1 atom stereocenters. The van der Waals surface area contributed by atoms with Gasteiger partial charge < -0.3 is 5.73 Å². The minimum atomic E-state index is -3.67. The van der Waals surface area contributed by atoms with Crippen LogP contribution in [0.2, 0.25) is 0 Å². The summed E-state index contributed by atoms with van der Waals surface area (Å²) < 4.78 is 27.9. The van der Waals surface area contributed by atoms with Crippen molar-refractivity contribution in [2.24, 2.45) is 11.1 Å². The van der Waals surface area contributed by atoms with Crippen LogP contribution in [0.15, 0.2) is 23.2 Å². The van der Waals surface area contributed by atoms with Crippen LogP contribution in [0.3, 0.4) is 0 Å². The van der Waals surface area contributed by atoms with Gasteiger partial charge in [0.05, 0.1) is 0 Å². The third-order valence-electron chi connectivity index (χ3n) is 3.82. The van der Waals surface area contributed by atoms with Gasteiger partial charge in [-0.15, -0.1) is 0 Å². The molecule has 0 aromatic carbocycles. The molecule has 116 valence electrons. The molecule has 1 saturated carbocycles. The molecule has 0 radical (unpaired) electrons. The highest BCUT2D eigenvalue weighted by molar-refractivity contribution is 7.89. The Hall–Kier alpha value is -1.05. The smallest absolute Gasteiger partial charge is 0.243 e. The number of rotatable bonds is 4. The number of nitrogens with two attached hydrogens (primary N) is 1. The Bertz CT molecular complexity index is 641. The molecule has 1 fully saturated rings. The lowest BCUT2D eigenvalue weighted by atomic mass is 9.75. The van der Waals surface area contributed by atoms with Crippen molar-refractivity contribution < 1.29 is 8.42 Å². The molecule has 21 heavy (non-hydrogen) atoms. The maximum atomic E-state index is 12.6. The Labute approximate surface area is 131 Å². The van der Waals surface area contributed by atoms with Crippen molar-refractivity contribution in [3.05, 3.63) is 24.0 Å². The fourth-order valence-corrected chi connectivity index (χ4v) is 4.54. The Morgan fingerprint density at radius 2 is 2.24 bits per heavy atom. The van der Waals surface area contributed by atoms with Gasteiger partial charge in [0.15, 0.2) is 0 Å². The van der Waals surface area contributed by atoms with Crippen molar-refractivity contribution >= 4 is 27.2 Å². The summed E-state index contributed by atoms with van der Waals surface area (Å²) in [6, 6.07) is 3.00. The molecule has 0 saturated heterocycles. The van der Waals surface area contributed by atoms with E-state index in [1.165, 1.54) is 12.3 Å². The van der Waals surface area contributed by atoms with Gasteiger partial charge in [-0.3, -0.25) is 4.98 Å². The van der Waals surface area contributed by atoms with Gasteiger partial charge in [-0.25, -0.2) is 13.1 Å². The van der Waals surface area contributed by atoms with Gasteiger partial charge in [0.25, 0.3) is 0 Å². The number of nitrogens with zero attached hydrogens (tertiary/aromatic N) is 1. The van der Waals surface area contributed by atoms with Crippen LogP contribution in [0.1, 0.15) is 45.2 Å². The number of hydrogen-bond donors (Lipinski definition) is 2. The molecule has 1 aromatic heterocycles. The normalized spacial score (nSPS) is 21.9. The Morgan fingerprint density at radius 1 is 1.52 bits per heavy atom. The zero-order chi connectivity index (χ0) is 15.7. The lowest BCUT2D eigenvalue weighted by Gasteiger charge is -2.35. The van der Waals surface area contributed by atoms with Crippen molar-refractivity contribution in [3.63, 3.8) is 0 Å². The number of aromatic nitrogens is 1. The predicted octanol–water partition coefficient (Wildman–Crippen LogP) is 1.96. The molecule has 0 aliphatic heterocycles. The molecule has 0 bridgehead atoms. The first kappa shape index (κ1) is 16.3. The van der Waals surface area contributed by atoms with E-state index in [1.54, 1.807) is 6.07 Å². The van der Waals surface area contributed by atoms with Crippen LogP contribution in [0, 0.1) is 5.41 Å².